The zero-order valence-electron chi connectivity index (χ0n) is 20.0. The van der Waals surface area contributed by atoms with Gasteiger partial charge in [0.25, 0.3) is 0 Å². The van der Waals surface area contributed by atoms with Crippen molar-refractivity contribution in [2.75, 3.05) is 0 Å². The first-order valence-corrected chi connectivity index (χ1v) is 12.4. The van der Waals surface area contributed by atoms with E-state index in [-0.39, 0.29) is 5.41 Å². The van der Waals surface area contributed by atoms with Gasteiger partial charge in [-0.2, -0.15) is 0 Å². The van der Waals surface area contributed by atoms with Crippen molar-refractivity contribution in [3.05, 3.63) is 130 Å². The van der Waals surface area contributed by atoms with Gasteiger partial charge in [0, 0.05) is 5.41 Å². The summed E-state index contributed by atoms with van der Waals surface area (Å²) in [6, 6.07) is 35.2. The summed E-state index contributed by atoms with van der Waals surface area (Å²) in [5.41, 5.74) is 14.2. The molecule has 4 aromatic rings. The summed E-state index contributed by atoms with van der Waals surface area (Å²) in [4.78, 5) is 0. The van der Waals surface area contributed by atoms with Crippen molar-refractivity contribution in [1.82, 2.24) is 0 Å². The molecule has 0 aromatic heterocycles. The molecule has 0 N–H and O–H groups in total. The summed E-state index contributed by atoms with van der Waals surface area (Å²) in [5, 5.41) is 0. The summed E-state index contributed by atoms with van der Waals surface area (Å²) in [5.74, 6) is 0. The molecule has 2 aliphatic rings. The second-order valence-corrected chi connectivity index (χ2v) is 9.87. The van der Waals surface area contributed by atoms with Crippen LogP contribution in [0.1, 0.15) is 42.5 Å². The highest BCUT2D eigenvalue weighted by Gasteiger charge is 2.36. The Morgan fingerprint density at radius 1 is 0.559 bits per heavy atom. The van der Waals surface area contributed by atoms with Gasteiger partial charge in [0.15, 0.2) is 0 Å². The highest BCUT2D eigenvalue weighted by Crippen LogP contribution is 2.50. The lowest BCUT2D eigenvalue weighted by Gasteiger charge is -2.32. The lowest BCUT2D eigenvalue weighted by Crippen LogP contribution is -2.21. The molecule has 0 aliphatic heterocycles. The first kappa shape index (κ1) is 20.9. The van der Waals surface area contributed by atoms with Crippen LogP contribution in [0.15, 0.2) is 108 Å². The molecule has 166 valence electrons. The molecule has 2 aliphatic carbocycles. The molecule has 0 atom stereocenters. The van der Waals surface area contributed by atoms with E-state index in [2.05, 4.69) is 123 Å². The van der Waals surface area contributed by atoms with E-state index in [4.69, 9.17) is 0 Å². The van der Waals surface area contributed by atoms with Gasteiger partial charge in [0.1, 0.15) is 0 Å². The zero-order chi connectivity index (χ0) is 23.1. The molecule has 0 saturated carbocycles. The third-order valence-electron chi connectivity index (χ3n) is 8.09. The van der Waals surface area contributed by atoms with Crippen LogP contribution in [0.5, 0.6) is 0 Å². The fourth-order valence-electron chi connectivity index (χ4n) is 5.84. The SMILES string of the molecule is CCC(C)(C1=Cc2c(cccc2-c2ccccc2)C1)C1=Cc2c(cccc2-c2ccccc2)C1. The van der Waals surface area contributed by atoms with E-state index in [9.17, 15) is 0 Å². The van der Waals surface area contributed by atoms with Crippen LogP contribution >= 0.6 is 0 Å². The Balaban J connectivity index is 1.41. The maximum Gasteiger partial charge on any atom is 0.0103 e. The molecule has 34 heavy (non-hydrogen) atoms. The third kappa shape index (κ3) is 3.37. The van der Waals surface area contributed by atoms with Crippen molar-refractivity contribution in [2.45, 2.75) is 33.1 Å². The van der Waals surface area contributed by atoms with Crippen LogP contribution in [0.25, 0.3) is 34.4 Å². The van der Waals surface area contributed by atoms with Crippen LogP contribution in [0.2, 0.25) is 0 Å². The van der Waals surface area contributed by atoms with Crippen molar-refractivity contribution >= 4 is 12.2 Å². The quantitative estimate of drug-likeness (QED) is 0.291. The molecular weight excluding hydrogens is 408 g/mol. The maximum atomic E-state index is 2.50. The lowest BCUT2D eigenvalue weighted by molar-refractivity contribution is 0.452. The highest BCUT2D eigenvalue weighted by atomic mass is 14.4. The van der Waals surface area contributed by atoms with Crippen molar-refractivity contribution < 1.29 is 0 Å². The van der Waals surface area contributed by atoms with Gasteiger partial charge in [-0.25, -0.2) is 0 Å². The van der Waals surface area contributed by atoms with Gasteiger partial charge in [-0.1, -0.05) is 134 Å². The predicted octanol–water partition coefficient (Wildman–Crippen LogP) is 9.02. The van der Waals surface area contributed by atoms with Crippen LogP contribution in [0.3, 0.4) is 0 Å². The second kappa shape index (κ2) is 8.29. The molecule has 0 spiro atoms. The number of allylic oxidation sites excluding steroid dienone is 2. The number of fused-ring (bicyclic) bond motifs is 2. The van der Waals surface area contributed by atoms with E-state index in [1.165, 1.54) is 44.5 Å². The molecular formula is C34H30. The summed E-state index contributed by atoms with van der Waals surface area (Å²) in [6.45, 7) is 4.82. The molecule has 0 heteroatoms. The largest absolute Gasteiger partial charge is 0.0642 e. The highest BCUT2D eigenvalue weighted by molar-refractivity contribution is 5.84. The van der Waals surface area contributed by atoms with Crippen LogP contribution in [0, 0.1) is 5.41 Å². The Labute approximate surface area is 203 Å². The molecule has 0 amide bonds. The monoisotopic (exact) mass is 438 g/mol. The fourth-order valence-corrected chi connectivity index (χ4v) is 5.84. The van der Waals surface area contributed by atoms with Crippen molar-refractivity contribution in [3.8, 4) is 22.3 Å². The number of hydrogen-bond donors (Lipinski definition) is 0. The molecule has 6 rings (SSSR count). The molecule has 0 radical (unpaired) electrons. The Bertz CT molecular complexity index is 1310. The van der Waals surface area contributed by atoms with E-state index in [1.807, 2.05) is 0 Å². The second-order valence-electron chi connectivity index (χ2n) is 9.87. The summed E-state index contributed by atoms with van der Waals surface area (Å²) in [7, 11) is 0. The van der Waals surface area contributed by atoms with Crippen molar-refractivity contribution in [3.63, 3.8) is 0 Å². The minimum atomic E-state index is 0.0555. The van der Waals surface area contributed by atoms with Crippen LogP contribution in [-0.4, -0.2) is 0 Å². The standard InChI is InChI=1S/C34H30/c1-3-34(2,28-20-26-16-10-18-30(32(26)22-28)24-12-6-4-7-13-24)29-21-27-17-11-19-31(33(27)23-29)25-14-8-5-9-15-25/h4-19,22-23H,3,20-21H2,1-2H3. The summed E-state index contributed by atoms with van der Waals surface area (Å²) < 4.78 is 0. The van der Waals surface area contributed by atoms with E-state index in [1.54, 1.807) is 11.1 Å². The van der Waals surface area contributed by atoms with Crippen molar-refractivity contribution in [1.29, 1.82) is 0 Å². The van der Waals surface area contributed by atoms with Crippen LogP contribution in [0.4, 0.5) is 0 Å². The van der Waals surface area contributed by atoms with Gasteiger partial charge in [-0.15, -0.1) is 0 Å². The molecule has 0 heterocycles. The van der Waals surface area contributed by atoms with Gasteiger partial charge in [-0.3, -0.25) is 0 Å². The molecule has 0 saturated heterocycles. The van der Waals surface area contributed by atoms with E-state index >= 15 is 0 Å². The normalized spacial score (nSPS) is 14.4. The molecule has 0 fully saturated rings. The van der Waals surface area contributed by atoms with Crippen LogP contribution in [-0.2, 0) is 12.8 Å². The van der Waals surface area contributed by atoms with Crippen molar-refractivity contribution in [2.24, 2.45) is 5.41 Å². The zero-order valence-corrected chi connectivity index (χ0v) is 20.0. The first-order chi connectivity index (χ1) is 16.7. The maximum absolute atomic E-state index is 2.50. The Hall–Kier alpha value is -3.64. The third-order valence-corrected chi connectivity index (χ3v) is 8.09. The number of hydrogen-bond acceptors (Lipinski definition) is 0. The smallest absolute Gasteiger partial charge is 0.0103 e. The number of benzene rings is 4. The van der Waals surface area contributed by atoms with E-state index in [0.29, 0.717) is 0 Å². The predicted molar refractivity (Wildman–Crippen MR) is 146 cm³/mol. The molecule has 0 unspecified atom stereocenters. The summed E-state index contributed by atoms with van der Waals surface area (Å²) >= 11 is 0. The average Bonchev–Trinajstić information content (AvgIpc) is 3.54. The summed E-state index contributed by atoms with van der Waals surface area (Å²) in [6.07, 6.45) is 8.19. The van der Waals surface area contributed by atoms with E-state index < -0.39 is 0 Å². The van der Waals surface area contributed by atoms with Gasteiger partial charge >= 0.3 is 0 Å². The fraction of sp³-hybridized carbons (Fsp3) is 0.176. The molecule has 0 bridgehead atoms. The average molecular weight is 439 g/mol. The van der Waals surface area contributed by atoms with Gasteiger partial charge in [0.05, 0.1) is 0 Å². The molecule has 0 nitrogen and oxygen atoms in total. The lowest BCUT2D eigenvalue weighted by atomic mass is 9.72. The Morgan fingerprint density at radius 2 is 1.00 bits per heavy atom. The number of rotatable bonds is 5. The van der Waals surface area contributed by atoms with Crippen LogP contribution < -0.4 is 0 Å². The van der Waals surface area contributed by atoms with E-state index in [0.717, 1.165) is 19.3 Å². The Kier molecular flexibility index (Phi) is 5.11. The van der Waals surface area contributed by atoms with Gasteiger partial charge in [0.2, 0.25) is 0 Å². The van der Waals surface area contributed by atoms with Gasteiger partial charge in [-0.05, 0) is 63.8 Å². The Morgan fingerprint density at radius 3 is 1.41 bits per heavy atom. The van der Waals surface area contributed by atoms with Gasteiger partial charge < -0.3 is 0 Å². The minimum absolute atomic E-state index is 0.0555. The minimum Gasteiger partial charge on any atom is -0.0642 e. The first-order valence-electron chi connectivity index (χ1n) is 12.4. The topological polar surface area (TPSA) is 0 Å². The molecule has 4 aromatic carbocycles.